The minimum atomic E-state index is -4.67. The highest BCUT2D eigenvalue weighted by atomic mass is 19.4. The lowest BCUT2D eigenvalue weighted by molar-refractivity contribution is -0.159. The zero-order valence-corrected chi connectivity index (χ0v) is 15.4. The van der Waals surface area contributed by atoms with E-state index in [-0.39, 0.29) is 17.8 Å². The van der Waals surface area contributed by atoms with E-state index in [9.17, 15) is 18.0 Å². The minimum Gasteiger partial charge on any atom is -0.385 e. The van der Waals surface area contributed by atoms with Gasteiger partial charge in [0.05, 0.1) is 0 Å². The highest BCUT2D eigenvalue weighted by Crippen LogP contribution is 2.29. The molecule has 0 saturated carbocycles. The van der Waals surface area contributed by atoms with Crippen molar-refractivity contribution in [1.29, 1.82) is 0 Å². The van der Waals surface area contributed by atoms with Gasteiger partial charge >= 0.3 is 12.1 Å². The summed E-state index contributed by atoms with van der Waals surface area (Å²) in [6.45, 7) is 4.79. The van der Waals surface area contributed by atoms with Crippen LogP contribution in [0.3, 0.4) is 0 Å². The molecule has 1 heterocycles. The van der Waals surface area contributed by atoms with Gasteiger partial charge < -0.3 is 14.2 Å². The van der Waals surface area contributed by atoms with Gasteiger partial charge in [0.25, 0.3) is 0 Å². The third-order valence-corrected chi connectivity index (χ3v) is 3.92. The molecular weight excluding hydrogens is 363 g/mol. The minimum absolute atomic E-state index is 0.0197. The van der Waals surface area contributed by atoms with Crippen LogP contribution >= 0.6 is 0 Å². The van der Waals surface area contributed by atoms with E-state index >= 15 is 0 Å². The number of hydrogen-bond donors (Lipinski definition) is 0. The van der Waals surface area contributed by atoms with Crippen molar-refractivity contribution in [2.24, 2.45) is 0 Å². The van der Waals surface area contributed by atoms with Gasteiger partial charge in [0.2, 0.25) is 11.7 Å². The lowest BCUT2D eigenvalue weighted by Crippen LogP contribution is -2.36. The van der Waals surface area contributed by atoms with E-state index in [4.69, 9.17) is 4.74 Å². The smallest absolute Gasteiger partial charge is 0.385 e. The molecule has 0 spiro atoms. The molecule has 0 N–H and O–H groups in total. The SMILES string of the molecule is COCCCC(=O)N(Cc1ccc(-c2noc(C(F)(F)F)n2)cc1)C(C)C. The van der Waals surface area contributed by atoms with Crippen LogP contribution in [-0.2, 0) is 22.3 Å². The Bertz CT molecular complexity index is 742. The second kappa shape index (κ2) is 8.98. The Kier molecular flexibility index (Phi) is 6.95. The van der Waals surface area contributed by atoms with Gasteiger partial charge in [-0.2, -0.15) is 18.2 Å². The Morgan fingerprint density at radius 1 is 1.26 bits per heavy atom. The van der Waals surface area contributed by atoms with E-state index in [0.29, 0.717) is 31.6 Å². The van der Waals surface area contributed by atoms with Crippen LogP contribution in [-0.4, -0.2) is 40.7 Å². The molecule has 27 heavy (non-hydrogen) atoms. The molecule has 0 radical (unpaired) electrons. The number of alkyl halides is 3. The van der Waals surface area contributed by atoms with E-state index < -0.39 is 12.1 Å². The third kappa shape index (κ3) is 5.78. The van der Waals surface area contributed by atoms with Crippen molar-refractivity contribution >= 4 is 5.91 Å². The van der Waals surface area contributed by atoms with Gasteiger partial charge in [0.15, 0.2) is 0 Å². The fourth-order valence-corrected chi connectivity index (χ4v) is 2.48. The molecule has 0 saturated heterocycles. The molecule has 1 aromatic heterocycles. The predicted molar refractivity (Wildman–Crippen MR) is 91.5 cm³/mol. The molecule has 6 nitrogen and oxygen atoms in total. The summed E-state index contributed by atoms with van der Waals surface area (Å²) in [5.74, 6) is -1.49. The molecule has 0 unspecified atom stereocenters. The second-order valence-corrected chi connectivity index (χ2v) is 6.33. The molecule has 0 atom stereocenters. The first-order valence-electron chi connectivity index (χ1n) is 8.51. The maximum Gasteiger partial charge on any atom is 0.471 e. The van der Waals surface area contributed by atoms with Crippen LogP contribution in [0, 0.1) is 0 Å². The van der Waals surface area contributed by atoms with Crippen LogP contribution in [0.2, 0.25) is 0 Å². The summed E-state index contributed by atoms with van der Waals surface area (Å²) < 4.78 is 46.8. The Morgan fingerprint density at radius 2 is 1.93 bits per heavy atom. The first kappa shape index (κ1) is 20.9. The number of aromatic nitrogens is 2. The zero-order chi connectivity index (χ0) is 20.0. The van der Waals surface area contributed by atoms with E-state index in [1.165, 1.54) is 0 Å². The summed E-state index contributed by atoms with van der Waals surface area (Å²) in [6.07, 6.45) is -3.63. The Morgan fingerprint density at radius 3 is 2.44 bits per heavy atom. The number of ether oxygens (including phenoxy) is 1. The van der Waals surface area contributed by atoms with Gasteiger partial charge in [-0.15, -0.1) is 0 Å². The number of benzene rings is 1. The molecule has 2 aromatic rings. The summed E-state index contributed by atoms with van der Waals surface area (Å²) in [5, 5.41) is 3.36. The van der Waals surface area contributed by atoms with Crippen LogP contribution in [0.1, 0.15) is 38.1 Å². The van der Waals surface area contributed by atoms with Gasteiger partial charge in [-0.25, -0.2) is 0 Å². The summed E-state index contributed by atoms with van der Waals surface area (Å²) in [7, 11) is 1.59. The number of nitrogens with zero attached hydrogens (tertiary/aromatic N) is 3. The Balaban J connectivity index is 2.07. The number of halogens is 3. The quantitative estimate of drug-likeness (QED) is 0.645. The lowest BCUT2D eigenvalue weighted by atomic mass is 10.1. The molecule has 0 aliphatic carbocycles. The highest BCUT2D eigenvalue weighted by Gasteiger charge is 2.38. The number of hydrogen-bond acceptors (Lipinski definition) is 5. The molecule has 1 aromatic carbocycles. The summed E-state index contributed by atoms with van der Waals surface area (Å²) in [5.41, 5.74) is 1.26. The van der Waals surface area contributed by atoms with Crippen LogP contribution in [0.15, 0.2) is 28.8 Å². The third-order valence-electron chi connectivity index (χ3n) is 3.92. The van der Waals surface area contributed by atoms with Crippen LogP contribution in [0.4, 0.5) is 13.2 Å². The van der Waals surface area contributed by atoms with Crippen molar-refractivity contribution in [2.45, 2.75) is 45.5 Å². The fourth-order valence-electron chi connectivity index (χ4n) is 2.48. The first-order chi connectivity index (χ1) is 12.7. The summed E-state index contributed by atoms with van der Waals surface area (Å²) in [6, 6.07) is 6.70. The molecule has 148 valence electrons. The van der Waals surface area contributed by atoms with Crippen molar-refractivity contribution in [3.63, 3.8) is 0 Å². The van der Waals surface area contributed by atoms with Gasteiger partial charge in [0, 0.05) is 38.3 Å². The van der Waals surface area contributed by atoms with Gasteiger partial charge in [-0.1, -0.05) is 29.4 Å². The molecule has 2 rings (SSSR count). The number of carbonyl (C=O) groups is 1. The topological polar surface area (TPSA) is 68.5 Å². The average Bonchev–Trinajstić information content (AvgIpc) is 3.10. The van der Waals surface area contributed by atoms with Crippen molar-refractivity contribution in [2.75, 3.05) is 13.7 Å². The van der Waals surface area contributed by atoms with E-state index in [0.717, 1.165) is 5.56 Å². The van der Waals surface area contributed by atoms with Crippen molar-refractivity contribution in [1.82, 2.24) is 15.0 Å². The molecule has 0 aliphatic heterocycles. The summed E-state index contributed by atoms with van der Waals surface area (Å²) in [4.78, 5) is 17.5. The van der Waals surface area contributed by atoms with Crippen molar-refractivity contribution < 1.29 is 27.2 Å². The van der Waals surface area contributed by atoms with E-state index in [1.54, 1.807) is 36.3 Å². The van der Waals surface area contributed by atoms with Gasteiger partial charge in [-0.3, -0.25) is 4.79 Å². The molecule has 1 amide bonds. The standard InChI is InChI=1S/C18H22F3N3O3/c1-12(2)24(15(25)5-4-10-26-3)11-13-6-8-14(9-7-13)16-22-17(27-23-16)18(19,20)21/h6-9,12H,4-5,10-11H2,1-3H3. The molecular formula is C18H22F3N3O3. The zero-order valence-electron chi connectivity index (χ0n) is 15.4. The van der Waals surface area contributed by atoms with Gasteiger partial charge in [-0.05, 0) is 25.8 Å². The fraction of sp³-hybridized carbons (Fsp3) is 0.500. The number of amides is 1. The van der Waals surface area contributed by atoms with Crippen LogP contribution in [0.25, 0.3) is 11.4 Å². The molecule has 0 bridgehead atoms. The molecule has 9 heteroatoms. The maximum absolute atomic E-state index is 12.5. The van der Waals surface area contributed by atoms with E-state index in [2.05, 4.69) is 14.7 Å². The van der Waals surface area contributed by atoms with Crippen LogP contribution < -0.4 is 0 Å². The van der Waals surface area contributed by atoms with E-state index in [1.807, 2.05) is 13.8 Å². The van der Waals surface area contributed by atoms with Crippen LogP contribution in [0.5, 0.6) is 0 Å². The molecule has 0 fully saturated rings. The Hall–Kier alpha value is -2.42. The number of rotatable bonds is 8. The molecule has 0 aliphatic rings. The monoisotopic (exact) mass is 385 g/mol. The average molecular weight is 385 g/mol. The second-order valence-electron chi connectivity index (χ2n) is 6.33. The van der Waals surface area contributed by atoms with Crippen molar-refractivity contribution in [3.8, 4) is 11.4 Å². The lowest BCUT2D eigenvalue weighted by Gasteiger charge is -2.27. The van der Waals surface area contributed by atoms with Crippen molar-refractivity contribution in [3.05, 3.63) is 35.7 Å². The largest absolute Gasteiger partial charge is 0.471 e. The summed E-state index contributed by atoms with van der Waals surface area (Å²) >= 11 is 0. The highest BCUT2D eigenvalue weighted by molar-refractivity contribution is 5.76. The normalized spacial score (nSPS) is 11.8. The number of methoxy groups -OCH3 is 1. The van der Waals surface area contributed by atoms with Gasteiger partial charge in [0.1, 0.15) is 0 Å². The first-order valence-corrected chi connectivity index (χ1v) is 8.51. The number of carbonyl (C=O) groups excluding carboxylic acids is 1. The predicted octanol–water partition coefficient (Wildman–Crippen LogP) is 3.92. The maximum atomic E-state index is 12.5. The Labute approximate surface area is 155 Å².